The summed E-state index contributed by atoms with van der Waals surface area (Å²) in [4.78, 5) is 50.5. The molecule has 2 amide bonds. The molecule has 3 rings (SSSR count). The first-order valence-corrected chi connectivity index (χ1v) is 9.92. The lowest BCUT2D eigenvalue weighted by Gasteiger charge is -2.09. The van der Waals surface area contributed by atoms with Crippen molar-refractivity contribution >= 4 is 40.1 Å². The first kappa shape index (κ1) is 21.7. The third kappa shape index (κ3) is 3.91. The molecule has 0 saturated carbocycles. The predicted octanol–water partition coefficient (Wildman–Crippen LogP) is 2.52. The largest absolute Gasteiger partial charge is 0.462 e. The SMILES string of the molecule is C=CCN1C(=O)c2ccc(C(=O)OCc3c(C(=O)OCC)sc(N)c3C#N)cc2C1=O. The third-order valence-electron chi connectivity index (χ3n) is 4.47. The quantitative estimate of drug-likeness (QED) is 0.394. The number of hydrogen-bond donors (Lipinski definition) is 1. The van der Waals surface area contributed by atoms with Gasteiger partial charge in [-0.05, 0) is 25.1 Å². The van der Waals surface area contributed by atoms with Gasteiger partial charge in [-0.15, -0.1) is 17.9 Å². The van der Waals surface area contributed by atoms with E-state index in [1.807, 2.05) is 6.07 Å². The number of hydrogen-bond acceptors (Lipinski definition) is 9. The molecule has 0 atom stereocenters. The molecule has 0 spiro atoms. The number of esters is 2. The highest BCUT2D eigenvalue weighted by molar-refractivity contribution is 7.18. The molecule has 0 aliphatic carbocycles. The summed E-state index contributed by atoms with van der Waals surface area (Å²) in [7, 11) is 0. The Balaban J connectivity index is 1.83. The summed E-state index contributed by atoms with van der Waals surface area (Å²) < 4.78 is 10.2. The van der Waals surface area contributed by atoms with E-state index in [9.17, 15) is 24.4 Å². The number of carbonyl (C=O) groups excluding carboxylic acids is 4. The van der Waals surface area contributed by atoms with E-state index in [2.05, 4.69) is 6.58 Å². The van der Waals surface area contributed by atoms with Crippen LogP contribution in [0.2, 0.25) is 0 Å². The van der Waals surface area contributed by atoms with Crippen LogP contribution in [-0.2, 0) is 16.1 Å². The zero-order valence-corrected chi connectivity index (χ0v) is 17.3. The molecule has 2 heterocycles. The Morgan fingerprint density at radius 1 is 1.23 bits per heavy atom. The standard InChI is InChI=1S/C21H17N3O6S/c1-3-7-24-18(25)12-6-5-11(8-13(12)19(24)26)20(27)30-10-15-14(9-22)17(23)31-16(15)21(28)29-4-2/h3,5-6,8H,1,4,7,10,23H2,2H3. The van der Waals surface area contributed by atoms with E-state index in [1.54, 1.807) is 6.92 Å². The monoisotopic (exact) mass is 439 g/mol. The highest BCUT2D eigenvalue weighted by Gasteiger charge is 2.35. The summed E-state index contributed by atoms with van der Waals surface area (Å²) in [5, 5.41) is 9.45. The summed E-state index contributed by atoms with van der Waals surface area (Å²) in [5.74, 6) is -2.47. The van der Waals surface area contributed by atoms with Crippen molar-refractivity contribution in [3.8, 4) is 6.07 Å². The van der Waals surface area contributed by atoms with Crippen molar-refractivity contribution in [1.29, 1.82) is 5.26 Å². The number of nitrogens with two attached hydrogens (primary N) is 1. The number of fused-ring (bicyclic) bond motifs is 1. The molecular weight excluding hydrogens is 422 g/mol. The van der Waals surface area contributed by atoms with Gasteiger partial charge in [0.05, 0.1) is 28.9 Å². The van der Waals surface area contributed by atoms with Gasteiger partial charge < -0.3 is 15.2 Å². The highest BCUT2D eigenvalue weighted by Crippen LogP contribution is 2.32. The molecule has 10 heteroatoms. The van der Waals surface area contributed by atoms with Gasteiger partial charge in [0.15, 0.2) is 0 Å². The number of anilines is 1. The first-order chi connectivity index (χ1) is 14.8. The number of ether oxygens (including phenoxy) is 2. The van der Waals surface area contributed by atoms with Crippen molar-refractivity contribution in [3.63, 3.8) is 0 Å². The van der Waals surface area contributed by atoms with Gasteiger partial charge in [0.25, 0.3) is 11.8 Å². The maximum absolute atomic E-state index is 12.6. The van der Waals surface area contributed by atoms with Crippen molar-refractivity contribution in [2.24, 2.45) is 0 Å². The van der Waals surface area contributed by atoms with Crippen LogP contribution in [0.3, 0.4) is 0 Å². The van der Waals surface area contributed by atoms with Crippen molar-refractivity contribution in [3.05, 3.63) is 63.5 Å². The molecule has 0 bridgehead atoms. The van der Waals surface area contributed by atoms with Gasteiger partial charge in [0.2, 0.25) is 0 Å². The maximum atomic E-state index is 12.6. The molecule has 158 valence electrons. The number of benzene rings is 1. The number of imide groups is 1. The fraction of sp³-hybridized carbons (Fsp3) is 0.190. The van der Waals surface area contributed by atoms with Crippen LogP contribution in [0.1, 0.15) is 58.8 Å². The predicted molar refractivity (Wildman–Crippen MR) is 111 cm³/mol. The lowest BCUT2D eigenvalue weighted by molar-refractivity contribution is 0.0452. The number of nitriles is 1. The van der Waals surface area contributed by atoms with Crippen LogP contribution in [0, 0.1) is 11.3 Å². The Morgan fingerprint density at radius 3 is 2.58 bits per heavy atom. The number of rotatable bonds is 7. The minimum atomic E-state index is -0.798. The summed E-state index contributed by atoms with van der Waals surface area (Å²) >= 11 is 0.876. The van der Waals surface area contributed by atoms with Crippen molar-refractivity contribution in [2.75, 3.05) is 18.9 Å². The Morgan fingerprint density at radius 2 is 1.94 bits per heavy atom. The second kappa shape index (κ2) is 8.81. The fourth-order valence-corrected chi connectivity index (χ4v) is 3.96. The molecule has 0 radical (unpaired) electrons. The van der Waals surface area contributed by atoms with E-state index in [4.69, 9.17) is 15.2 Å². The van der Waals surface area contributed by atoms with Gasteiger partial charge in [0.1, 0.15) is 22.6 Å². The smallest absolute Gasteiger partial charge is 0.348 e. The highest BCUT2D eigenvalue weighted by atomic mass is 32.1. The second-order valence-electron chi connectivity index (χ2n) is 6.33. The summed E-state index contributed by atoms with van der Waals surface area (Å²) in [5.41, 5.74) is 6.31. The van der Waals surface area contributed by atoms with Crippen LogP contribution < -0.4 is 5.73 Å². The molecule has 1 aromatic carbocycles. The molecule has 0 saturated heterocycles. The average Bonchev–Trinajstić information content (AvgIpc) is 3.20. The van der Waals surface area contributed by atoms with Crippen LogP contribution in [-0.4, -0.2) is 41.8 Å². The van der Waals surface area contributed by atoms with E-state index >= 15 is 0 Å². The number of nitrogens with zero attached hydrogens (tertiary/aromatic N) is 2. The van der Waals surface area contributed by atoms with Gasteiger partial charge >= 0.3 is 11.9 Å². The minimum absolute atomic E-state index is 0.0376. The van der Waals surface area contributed by atoms with Crippen LogP contribution in [0.25, 0.3) is 0 Å². The number of carbonyl (C=O) groups is 4. The first-order valence-electron chi connectivity index (χ1n) is 9.10. The average molecular weight is 439 g/mol. The van der Waals surface area contributed by atoms with Gasteiger partial charge in [-0.25, -0.2) is 9.59 Å². The number of nitrogen functional groups attached to an aromatic ring is 1. The van der Waals surface area contributed by atoms with Crippen molar-refractivity contribution in [2.45, 2.75) is 13.5 Å². The molecule has 1 aromatic heterocycles. The topological polar surface area (TPSA) is 140 Å². The van der Waals surface area contributed by atoms with Crippen LogP contribution in [0.15, 0.2) is 30.9 Å². The second-order valence-corrected chi connectivity index (χ2v) is 7.38. The van der Waals surface area contributed by atoms with Gasteiger partial charge in [-0.2, -0.15) is 5.26 Å². The molecule has 1 aliphatic rings. The van der Waals surface area contributed by atoms with Gasteiger partial charge in [0, 0.05) is 12.1 Å². The van der Waals surface area contributed by atoms with E-state index in [0.717, 1.165) is 16.2 Å². The van der Waals surface area contributed by atoms with E-state index < -0.39 is 30.4 Å². The Hall–Kier alpha value is -3.97. The van der Waals surface area contributed by atoms with Gasteiger partial charge in [-0.1, -0.05) is 6.08 Å². The van der Waals surface area contributed by atoms with E-state index in [-0.39, 0.29) is 50.8 Å². The lowest BCUT2D eigenvalue weighted by atomic mass is 10.1. The van der Waals surface area contributed by atoms with E-state index in [1.165, 1.54) is 24.3 Å². The van der Waals surface area contributed by atoms with Gasteiger partial charge in [-0.3, -0.25) is 14.5 Å². The van der Waals surface area contributed by atoms with Crippen LogP contribution in [0.4, 0.5) is 5.00 Å². The molecule has 31 heavy (non-hydrogen) atoms. The lowest BCUT2D eigenvalue weighted by Crippen LogP contribution is -2.29. The Kier molecular flexibility index (Phi) is 6.17. The third-order valence-corrected chi connectivity index (χ3v) is 5.51. The number of amides is 2. The zero-order valence-electron chi connectivity index (χ0n) is 16.5. The zero-order chi connectivity index (χ0) is 22.7. The molecule has 2 N–H and O–H groups in total. The van der Waals surface area contributed by atoms with Crippen molar-refractivity contribution < 1.29 is 28.7 Å². The fourth-order valence-electron chi connectivity index (χ4n) is 3.04. The normalized spacial score (nSPS) is 12.3. The van der Waals surface area contributed by atoms with Crippen LogP contribution >= 0.6 is 11.3 Å². The van der Waals surface area contributed by atoms with Crippen molar-refractivity contribution in [1.82, 2.24) is 4.90 Å². The summed E-state index contributed by atoms with van der Waals surface area (Å²) in [6.07, 6.45) is 1.43. The minimum Gasteiger partial charge on any atom is -0.462 e. The maximum Gasteiger partial charge on any atom is 0.348 e. The van der Waals surface area contributed by atoms with Crippen LogP contribution in [0.5, 0.6) is 0 Å². The Bertz CT molecular complexity index is 1160. The summed E-state index contributed by atoms with van der Waals surface area (Å²) in [6, 6.07) is 5.92. The molecule has 2 aromatic rings. The van der Waals surface area contributed by atoms with E-state index in [0.29, 0.717) is 0 Å². The Labute approximate surface area is 181 Å². The molecular formula is C21H17N3O6S. The summed E-state index contributed by atoms with van der Waals surface area (Å²) in [6.45, 7) is 4.94. The molecule has 0 fully saturated rings. The molecule has 0 unspecified atom stereocenters. The molecule has 1 aliphatic heterocycles. The number of thiophene rings is 1. The molecule has 9 nitrogen and oxygen atoms in total.